The smallest absolute Gasteiger partial charge is 0.0613 e. The van der Waals surface area contributed by atoms with Gasteiger partial charge in [-0.3, -0.25) is 0 Å². The Balaban J connectivity index is 2.39. The van der Waals surface area contributed by atoms with Gasteiger partial charge in [0.2, 0.25) is 0 Å². The molecule has 2 heteroatoms. The van der Waals surface area contributed by atoms with Crippen LogP contribution in [0.3, 0.4) is 0 Å². The zero-order chi connectivity index (χ0) is 7.61. The highest BCUT2D eigenvalue weighted by Crippen LogP contribution is 2.39. The fraction of sp³-hybridized carbons (Fsp3) is 1.00. The minimum atomic E-state index is 0.00868. The standard InChI is InChI=1S/C8H17NO/c1-3-9-8(2,6-10)7-4-5-7/h7,9-10H,3-6H2,1-2H3. The molecule has 1 aliphatic carbocycles. The van der Waals surface area contributed by atoms with Crippen LogP contribution < -0.4 is 5.32 Å². The molecule has 0 bridgehead atoms. The third-order valence-corrected chi connectivity index (χ3v) is 2.39. The number of hydrogen-bond acceptors (Lipinski definition) is 2. The van der Waals surface area contributed by atoms with Crippen molar-refractivity contribution < 1.29 is 5.11 Å². The largest absolute Gasteiger partial charge is 0.394 e. The summed E-state index contributed by atoms with van der Waals surface area (Å²) in [6.45, 7) is 5.41. The normalized spacial score (nSPS) is 24.3. The number of likely N-dealkylation sites (N-methyl/N-ethyl adjacent to an activating group) is 1. The van der Waals surface area contributed by atoms with E-state index in [-0.39, 0.29) is 12.1 Å². The molecule has 0 radical (unpaired) electrons. The van der Waals surface area contributed by atoms with E-state index in [1.807, 2.05) is 0 Å². The van der Waals surface area contributed by atoms with E-state index < -0.39 is 0 Å². The second-order valence-electron chi connectivity index (χ2n) is 3.38. The molecule has 2 nitrogen and oxygen atoms in total. The van der Waals surface area contributed by atoms with Crippen LogP contribution in [0.4, 0.5) is 0 Å². The molecule has 0 amide bonds. The molecule has 10 heavy (non-hydrogen) atoms. The Hall–Kier alpha value is -0.0800. The minimum absolute atomic E-state index is 0.00868. The van der Waals surface area contributed by atoms with Crippen molar-refractivity contribution in [2.45, 2.75) is 32.2 Å². The Morgan fingerprint density at radius 1 is 1.60 bits per heavy atom. The van der Waals surface area contributed by atoms with Gasteiger partial charge >= 0.3 is 0 Å². The van der Waals surface area contributed by atoms with E-state index >= 15 is 0 Å². The number of aliphatic hydroxyl groups is 1. The van der Waals surface area contributed by atoms with E-state index in [4.69, 9.17) is 5.11 Å². The van der Waals surface area contributed by atoms with Crippen LogP contribution in [0.1, 0.15) is 26.7 Å². The fourth-order valence-corrected chi connectivity index (χ4v) is 1.45. The van der Waals surface area contributed by atoms with Gasteiger partial charge in [0, 0.05) is 5.54 Å². The first kappa shape index (κ1) is 8.02. The SMILES string of the molecule is CCNC(C)(CO)C1CC1. The molecule has 0 spiro atoms. The molecule has 1 unspecified atom stereocenters. The van der Waals surface area contributed by atoms with Crippen LogP contribution in [0.25, 0.3) is 0 Å². The highest BCUT2D eigenvalue weighted by molar-refractivity contribution is 4.96. The maximum Gasteiger partial charge on any atom is 0.0613 e. The third kappa shape index (κ3) is 1.50. The van der Waals surface area contributed by atoms with Gasteiger partial charge in [-0.25, -0.2) is 0 Å². The Morgan fingerprint density at radius 3 is 2.50 bits per heavy atom. The highest BCUT2D eigenvalue weighted by atomic mass is 16.3. The average molecular weight is 143 g/mol. The maximum absolute atomic E-state index is 9.06. The summed E-state index contributed by atoms with van der Waals surface area (Å²) in [5, 5.41) is 12.4. The summed E-state index contributed by atoms with van der Waals surface area (Å²) in [5.74, 6) is 0.720. The lowest BCUT2D eigenvalue weighted by atomic mass is 9.97. The van der Waals surface area contributed by atoms with Gasteiger partial charge in [-0.2, -0.15) is 0 Å². The summed E-state index contributed by atoms with van der Waals surface area (Å²) in [4.78, 5) is 0. The lowest BCUT2D eigenvalue weighted by Crippen LogP contribution is -2.47. The van der Waals surface area contributed by atoms with E-state index in [2.05, 4.69) is 19.2 Å². The molecule has 0 aromatic carbocycles. The Kier molecular flexibility index (Phi) is 2.32. The molecule has 0 aromatic rings. The molecule has 1 saturated carbocycles. The van der Waals surface area contributed by atoms with Crippen molar-refractivity contribution in [3.63, 3.8) is 0 Å². The van der Waals surface area contributed by atoms with Gasteiger partial charge in [0.1, 0.15) is 0 Å². The zero-order valence-corrected chi connectivity index (χ0v) is 6.85. The number of aliphatic hydroxyl groups excluding tert-OH is 1. The third-order valence-electron chi connectivity index (χ3n) is 2.39. The molecule has 1 aliphatic rings. The summed E-state index contributed by atoms with van der Waals surface area (Å²) in [6.07, 6.45) is 2.56. The van der Waals surface area contributed by atoms with Crippen molar-refractivity contribution in [2.24, 2.45) is 5.92 Å². The predicted octanol–water partition coefficient (Wildman–Crippen LogP) is 0.757. The second kappa shape index (κ2) is 2.89. The van der Waals surface area contributed by atoms with Gasteiger partial charge in [-0.05, 0) is 32.2 Å². The fourth-order valence-electron chi connectivity index (χ4n) is 1.45. The van der Waals surface area contributed by atoms with Crippen LogP contribution >= 0.6 is 0 Å². The van der Waals surface area contributed by atoms with Gasteiger partial charge in [0.05, 0.1) is 6.61 Å². The van der Waals surface area contributed by atoms with Gasteiger partial charge in [-0.1, -0.05) is 6.92 Å². The monoisotopic (exact) mass is 143 g/mol. The molecule has 0 saturated heterocycles. The first-order valence-corrected chi connectivity index (χ1v) is 4.09. The quantitative estimate of drug-likeness (QED) is 0.609. The Morgan fingerprint density at radius 2 is 2.20 bits per heavy atom. The average Bonchev–Trinajstić information content (AvgIpc) is 2.69. The van der Waals surface area contributed by atoms with E-state index in [0.717, 1.165) is 12.5 Å². The lowest BCUT2D eigenvalue weighted by Gasteiger charge is -2.28. The zero-order valence-electron chi connectivity index (χ0n) is 6.85. The summed E-state index contributed by atoms with van der Waals surface area (Å²) >= 11 is 0. The second-order valence-corrected chi connectivity index (χ2v) is 3.38. The van der Waals surface area contributed by atoms with Gasteiger partial charge in [-0.15, -0.1) is 0 Å². The van der Waals surface area contributed by atoms with Crippen LogP contribution in [-0.2, 0) is 0 Å². The van der Waals surface area contributed by atoms with Crippen LogP contribution in [-0.4, -0.2) is 23.8 Å². The van der Waals surface area contributed by atoms with Crippen molar-refractivity contribution in [1.29, 1.82) is 0 Å². The molecule has 60 valence electrons. The first-order valence-electron chi connectivity index (χ1n) is 4.09. The van der Waals surface area contributed by atoms with Gasteiger partial charge in [0.15, 0.2) is 0 Å². The molecule has 1 rings (SSSR count). The molecular formula is C8H17NO. The number of nitrogens with one attached hydrogen (secondary N) is 1. The first-order chi connectivity index (χ1) is 4.73. The van der Waals surface area contributed by atoms with E-state index in [9.17, 15) is 0 Å². The highest BCUT2D eigenvalue weighted by Gasteiger charge is 2.40. The van der Waals surface area contributed by atoms with Crippen LogP contribution in [0.2, 0.25) is 0 Å². The van der Waals surface area contributed by atoms with Crippen molar-refractivity contribution in [1.82, 2.24) is 5.32 Å². The molecule has 2 N–H and O–H groups in total. The van der Waals surface area contributed by atoms with E-state index in [0.29, 0.717) is 0 Å². The molecule has 0 aromatic heterocycles. The van der Waals surface area contributed by atoms with Crippen molar-refractivity contribution in [3.8, 4) is 0 Å². The molecule has 1 fully saturated rings. The van der Waals surface area contributed by atoms with Crippen molar-refractivity contribution in [3.05, 3.63) is 0 Å². The van der Waals surface area contributed by atoms with Crippen LogP contribution in [0.15, 0.2) is 0 Å². The maximum atomic E-state index is 9.06. The predicted molar refractivity (Wildman–Crippen MR) is 41.9 cm³/mol. The summed E-state index contributed by atoms with van der Waals surface area (Å²) in [5.41, 5.74) is 0.00868. The molecular weight excluding hydrogens is 126 g/mol. The summed E-state index contributed by atoms with van der Waals surface area (Å²) in [6, 6.07) is 0. The lowest BCUT2D eigenvalue weighted by molar-refractivity contribution is 0.157. The van der Waals surface area contributed by atoms with Crippen molar-refractivity contribution >= 4 is 0 Å². The topological polar surface area (TPSA) is 32.3 Å². The number of hydrogen-bond donors (Lipinski definition) is 2. The van der Waals surface area contributed by atoms with E-state index in [1.165, 1.54) is 12.8 Å². The Bertz CT molecular complexity index is 112. The molecule has 0 heterocycles. The van der Waals surface area contributed by atoms with Crippen molar-refractivity contribution in [2.75, 3.05) is 13.2 Å². The molecule has 1 atom stereocenters. The van der Waals surface area contributed by atoms with Crippen LogP contribution in [0.5, 0.6) is 0 Å². The minimum Gasteiger partial charge on any atom is -0.394 e. The summed E-state index contributed by atoms with van der Waals surface area (Å²) in [7, 11) is 0. The van der Waals surface area contributed by atoms with Gasteiger partial charge in [0.25, 0.3) is 0 Å². The number of rotatable bonds is 4. The van der Waals surface area contributed by atoms with E-state index in [1.54, 1.807) is 0 Å². The van der Waals surface area contributed by atoms with Crippen LogP contribution in [0, 0.1) is 5.92 Å². The Labute approximate surface area is 62.6 Å². The van der Waals surface area contributed by atoms with Gasteiger partial charge < -0.3 is 10.4 Å². The summed E-state index contributed by atoms with van der Waals surface area (Å²) < 4.78 is 0. The molecule has 0 aliphatic heterocycles.